The average molecular weight is 393 g/mol. The van der Waals surface area contributed by atoms with Gasteiger partial charge in [0, 0.05) is 76.2 Å². The summed E-state index contributed by atoms with van der Waals surface area (Å²) in [6.07, 6.45) is 2.51. The van der Waals surface area contributed by atoms with Crippen molar-refractivity contribution in [2.45, 2.75) is 13.3 Å². The molecular weight excluding hydrogens is 364 g/mol. The topological polar surface area (TPSA) is 57.5 Å². The lowest BCUT2D eigenvalue weighted by Gasteiger charge is -2.35. The Hall–Kier alpha value is -3.09. The van der Waals surface area contributed by atoms with Crippen molar-refractivity contribution in [1.82, 2.24) is 19.4 Å². The van der Waals surface area contributed by atoms with Crippen LogP contribution in [0.15, 0.2) is 36.5 Å². The number of aryl methyl sites for hydroxylation is 2. The van der Waals surface area contributed by atoms with Crippen molar-refractivity contribution in [2.24, 2.45) is 7.05 Å². The second kappa shape index (κ2) is 7.73. The number of carbonyl (C=O) groups excluding carboxylic acids is 1. The third-order valence-electron chi connectivity index (χ3n) is 5.52. The van der Waals surface area contributed by atoms with Gasteiger partial charge < -0.3 is 19.3 Å². The Kier molecular flexibility index (Phi) is 5.13. The number of rotatable bonds is 4. The van der Waals surface area contributed by atoms with Gasteiger partial charge in [-0.3, -0.25) is 4.79 Å². The zero-order valence-electron chi connectivity index (χ0n) is 17.6. The number of aromatic nitrogens is 3. The minimum absolute atomic E-state index is 0.181. The van der Waals surface area contributed by atoms with Gasteiger partial charge in [0.15, 0.2) is 0 Å². The summed E-state index contributed by atoms with van der Waals surface area (Å²) in [5, 5.41) is 1.16. The molecule has 1 aromatic carbocycles. The number of carbonyl (C=O) groups is 1. The second-order valence-electron chi connectivity index (χ2n) is 7.89. The molecule has 1 aliphatic rings. The molecule has 152 valence electrons. The van der Waals surface area contributed by atoms with Crippen molar-refractivity contribution in [3.63, 3.8) is 0 Å². The zero-order valence-corrected chi connectivity index (χ0v) is 17.6. The van der Waals surface area contributed by atoms with Crippen LogP contribution in [0.3, 0.4) is 0 Å². The van der Waals surface area contributed by atoms with Crippen molar-refractivity contribution in [3.05, 3.63) is 47.8 Å². The van der Waals surface area contributed by atoms with E-state index in [4.69, 9.17) is 0 Å². The number of nitrogens with zero attached hydrogens (tertiary/aromatic N) is 6. The van der Waals surface area contributed by atoms with Gasteiger partial charge in [-0.25, -0.2) is 4.98 Å². The lowest BCUT2D eigenvalue weighted by Crippen LogP contribution is -2.49. The summed E-state index contributed by atoms with van der Waals surface area (Å²) in [5.41, 5.74) is 3.20. The largest absolute Gasteiger partial charge is 0.363 e. The first-order chi connectivity index (χ1) is 13.9. The lowest BCUT2D eigenvalue weighted by molar-refractivity contribution is -0.130. The van der Waals surface area contributed by atoms with Gasteiger partial charge in [-0.2, -0.15) is 4.98 Å². The zero-order chi connectivity index (χ0) is 20.5. The van der Waals surface area contributed by atoms with Crippen molar-refractivity contribution in [1.29, 1.82) is 0 Å². The Balaban J connectivity index is 1.42. The lowest BCUT2D eigenvalue weighted by atomic mass is 10.1. The number of anilines is 2. The van der Waals surface area contributed by atoms with E-state index in [1.54, 1.807) is 0 Å². The maximum Gasteiger partial charge on any atom is 0.227 e. The normalized spacial score (nSPS) is 14.5. The summed E-state index contributed by atoms with van der Waals surface area (Å²) in [5.74, 6) is 1.83. The van der Waals surface area contributed by atoms with E-state index in [0.717, 1.165) is 47.0 Å². The first kappa shape index (κ1) is 19.2. The molecule has 2 aromatic heterocycles. The maximum atomic E-state index is 12.9. The number of benzene rings is 1. The first-order valence-corrected chi connectivity index (χ1v) is 10.0. The number of amides is 1. The van der Waals surface area contributed by atoms with E-state index < -0.39 is 0 Å². The number of hydrogen-bond donors (Lipinski definition) is 0. The summed E-state index contributed by atoms with van der Waals surface area (Å²) in [7, 11) is 5.99. The molecular formula is C22H28N6O. The molecule has 0 bridgehead atoms. The molecule has 0 radical (unpaired) electrons. The Labute approximate surface area is 171 Å². The summed E-state index contributed by atoms with van der Waals surface area (Å²) in [4.78, 5) is 28.3. The molecule has 0 saturated carbocycles. The van der Waals surface area contributed by atoms with Crippen LogP contribution in [0.5, 0.6) is 0 Å². The highest BCUT2D eigenvalue weighted by Crippen LogP contribution is 2.22. The first-order valence-electron chi connectivity index (χ1n) is 10.0. The predicted molar refractivity (Wildman–Crippen MR) is 117 cm³/mol. The van der Waals surface area contributed by atoms with Crippen LogP contribution in [0.4, 0.5) is 11.8 Å². The van der Waals surface area contributed by atoms with Crippen molar-refractivity contribution < 1.29 is 4.79 Å². The van der Waals surface area contributed by atoms with Crippen molar-refractivity contribution in [3.8, 4) is 0 Å². The van der Waals surface area contributed by atoms with E-state index in [-0.39, 0.29) is 5.91 Å². The van der Waals surface area contributed by atoms with E-state index in [0.29, 0.717) is 19.5 Å². The smallest absolute Gasteiger partial charge is 0.227 e. The molecule has 7 heteroatoms. The Morgan fingerprint density at radius 3 is 2.55 bits per heavy atom. The molecule has 29 heavy (non-hydrogen) atoms. The molecule has 0 aliphatic carbocycles. The summed E-state index contributed by atoms with van der Waals surface area (Å²) >= 11 is 0. The third kappa shape index (κ3) is 3.90. The summed E-state index contributed by atoms with van der Waals surface area (Å²) < 4.78 is 2.09. The molecule has 1 aliphatic heterocycles. The molecule has 0 unspecified atom stereocenters. The van der Waals surface area contributed by atoms with E-state index in [2.05, 4.69) is 37.8 Å². The van der Waals surface area contributed by atoms with Crippen LogP contribution < -0.4 is 9.80 Å². The molecule has 0 N–H and O–H groups in total. The Morgan fingerprint density at radius 2 is 1.83 bits per heavy atom. The standard InChI is InChI=1S/C22H28N6O/c1-16-13-20(25(2)3)24-22(23-16)28-11-9-27(10-12-28)21(29)14-17-15-26(4)19-8-6-5-7-18(17)19/h5-8,13,15H,9-12,14H2,1-4H3. The van der Waals surface area contributed by atoms with Gasteiger partial charge in [0.2, 0.25) is 11.9 Å². The fraction of sp³-hybridized carbons (Fsp3) is 0.409. The van der Waals surface area contributed by atoms with Gasteiger partial charge in [-0.1, -0.05) is 18.2 Å². The minimum Gasteiger partial charge on any atom is -0.363 e. The predicted octanol–water partition coefficient (Wildman–Crippen LogP) is 2.23. The highest BCUT2D eigenvalue weighted by molar-refractivity contribution is 5.89. The number of para-hydroxylation sites is 1. The molecule has 3 heterocycles. The number of piperazine rings is 1. The van der Waals surface area contributed by atoms with Gasteiger partial charge in [-0.15, -0.1) is 0 Å². The summed E-state index contributed by atoms with van der Waals surface area (Å²) in [6, 6.07) is 10.2. The monoisotopic (exact) mass is 392 g/mol. The van der Waals surface area contributed by atoms with E-state index in [9.17, 15) is 4.79 Å². The molecule has 4 rings (SSSR count). The van der Waals surface area contributed by atoms with Crippen LogP contribution >= 0.6 is 0 Å². The van der Waals surface area contributed by atoms with Crippen LogP contribution in [0, 0.1) is 6.92 Å². The maximum absolute atomic E-state index is 12.9. The van der Waals surface area contributed by atoms with E-state index in [1.807, 2.05) is 56.1 Å². The fourth-order valence-corrected chi connectivity index (χ4v) is 3.90. The van der Waals surface area contributed by atoms with Gasteiger partial charge in [0.25, 0.3) is 0 Å². The van der Waals surface area contributed by atoms with Crippen molar-refractivity contribution >= 4 is 28.6 Å². The van der Waals surface area contributed by atoms with E-state index in [1.165, 1.54) is 0 Å². The Bertz CT molecular complexity index is 1030. The van der Waals surface area contributed by atoms with Crippen LogP contribution in [-0.4, -0.2) is 65.6 Å². The quantitative estimate of drug-likeness (QED) is 0.682. The summed E-state index contributed by atoms with van der Waals surface area (Å²) in [6.45, 7) is 4.87. The van der Waals surface area contributed by atoms with Crippen LogP contribution in [-0.2, 0) is 18.3 Å². The second-order valence-corrected chi connectivity index (χ2v) is 7.89. The van der Waals surface area contributed by atoms with E-state index >= 15 is 0 Å². The molecule has 0 spiro atoms. The van der Waals surface area contributed by atoms with Gasteiger partial charge in [0.05, 0.1) is 6.42 Å². The number of fused-ring (bicyclic) bond motifs is 1. The van der Waals surface area contributed by atoms with Crippen LogP contribution in [0.2, 0.25) is 0 Å². The molecule has 0 atom stereocenters. The highest BCUT2D eigenvalue weighted by Gasteiger charge is 2.24. The molecule has 1 amide bonds. The minimum atomic E-state index is 0.181. The molecule has 1 fully saturated rings. The third-order valence-corrected chi connectivity index (χ3v) is 5.52. The molecule has 7 nitrogen and oxygen atoms in total. The molecule has 3 aromatic rings. The van der Waals surface area contributed by atoms with Crippen LogP contribution in [0.1, 0.15) is 11.3 Å². The molecule has 1 saturated heterocycles. The number of hydrogen-bond acceptors (Lipinski definition) is 5. The van der Waals surface area contributed by atoms with Crippen LogP contribution in [0.25, 0.3) is 10.9 Å². The Morgan fingerprint density at radius 1 is 1.10 bits per heavy atom. The van der Waals surface area contributed by atoms with Crippen molar-refractivity contribution in [2.75, 3.05) is 50.1 Å². The van der Waals surface area contributed by atoms with Gasteiger partial charge in [-0.05, 0) is 18.6 Å². The fourth-order valence-electron chi connectivity index (χ4n) is 3.90. The SMILES string of the molecule is Cc1cc(N(C)C)nc(N2CCN(C(=O)Cc3cn(C)c4ccccc34)CC2)n1. The van der Waals surface area contributed by atoms with Gasteiger partial charge >= 0.3 is 0 Å². The van der Waals surface area contributed by atoms with Gasteiger partial charge in [0.1, 0.15) is 5.82 Å². The average Bonchev–Trinajstić information content (AvgIpc) is 3.03. The highest BCUT2D eigenvalue weighted by atomic mass is 16.2.